The molecule has 1 aliphatic rings. The number of likely N-dealkylation sites (N-methyl/N-ethyl adjacent to an activating group) is 1. The highest BCUT2D eigenvalue weighted by atomic mass is 16.7. The summed E-state index contributed by atoms with van der Waals surface area (Å²) in [7, 11) is 1.87. The van der Waals surface area contributed by atoms with E-state index in [1.54, 1.807) is 31.2 Å². The van der Waals surface area contributed by atoms with Crippen LogP contribution in [-0.2, 0) is 16.1 Å². The quantitative estimate of drug-likeness (QED) is 0.755. The Balaban J connectivity index is 1.50. The second kappa shape index (κ2) is 8.55. The van der Waals surface area contributed by atoms with Gasteiger partial charge in [-0.2, -0.15) is 0 Å². The normalized spacial score (nSPS) is 12.1. The summed E-state index contributed by atoms with van der Waals surface area (Å²) in [6.45, 7) is 3.16. The third-order valence-corrected chi connectivity index (χ3v) is 3.98. The molecule has 142 valence electrons. The fourth-order valence-electron chi connectivity index (χ4n) is 2.76. The van der Waals surface area contributed by atoms with Gasteiger partial charge in [-0.05, 0) is 55.9 Å². The smallest absolute Gasteiger partial charge is 0.338 e. The summed E-state index contributed by atoms with van der Waals surface area (Å²) in [6, 6.07) is 12.4. The molecular weight excluding hydrogens is 348 g/mol. The van der Waals surface area contributed by atoms with Crippen LogP contribution in [0.5, 0.6) is 11.5 Å². The maximum atomic E-state index is 12.2. The minimum Gasteiger partial charge on any atom is -0.462 e. The third kappa shape index (κ3) is 4.98. The van der Waals surface area contributed by atoms with Crippen molar-refractivity contribution in [1.29, 1.82) is 0 Å². The lowest BCUT2D eigenvalue weighted by atomic mass is 10.2. The van der Waals surface area contributed by atoms with Crippen LogP contribution in [0.3, 0.4) is 0 Å². The van der Waals surface area contributed by atoms with Crippen molar-refractivity contribution >= 4 is 17.6 Å². The monoisotopic (exact) mass is 370 g/mol. The number of benzene rings is 2. The van der Waals surface area contributed by atoms with Crippen LogP contribution in [0.15, 0.2) is 42.5 Å². The largest absolute Gasteiger partial charge is 0.462 e. The lowest BCUT2D eigenvalue weighted by molar-refractivity contribution is -0.117. The van der Waals surface area contributed by atoms with Crippen molar-refractivity contribution in [2.75, 3.05) is 32.3 Å². The van der Waals surface area contributed by atoms with E-state index in [0.29, 0.717) is 24.4 Å². The second-order valence-corrected chi connectivity index (χ2v) is 6.21. The summed E-state index contributed by atoms with van der Waals surface area (Å²) in [4.78, 5) is 25.8. The summed E-state index contributed by atoms with van der Waals surface area (Å²) in [5, 5.41) is 2.82. The molecule has 0 aliphatic carbocycles. The summed E-state index contributed by atoms with van der Waals surface area (Å²) in [5.41, 5.74) is 2.12. The predicted octanol–water partition coefficient (Wildman–Crippen LogP) is 2.66. The molecule has 7 nitrogen and oxygen atoms in total. The molecule has 1 aliphatic heterocycles. The highest BCUT2D eigenvalue weighted by molar-refractivity contribution is 5.94. The topological polar surface area (TPSA) is 77.1 Å². The molecule has 0 fully saturated rings. The summed E-state index contributed by atoms with van der Waals surface area (Å²) >= 11 is 0. The molecule has 0 saturated carbocycles. The van der Waals surface area contributed by atoms with Crippen LogP contribution in [0.4, 0.5) is 5.69 Å². The van der Waals surface area contributed by atoms with Gasteiger partial charge in [-0.15, -0.1) is 0 Å². The molecule has 0 aromatic heterocycles. The van der Waals surface area contributed by atoms with E-state index in [4.69, 9.17) is 14.2 Å². The van der Waals surface area contributed by atoms with E-state index in [1.807, 2.05) is 30.1 Å². The maximum Gasteiger partial charge on any atom is 0.338 e. The molecule has 2 aromatic carbocycles. The van der Waals surface area contributed by atoms with Crippen LogP contribution in [0.25, 0.3) is 0 Å². The molecule has 0 atom stereocenters. The molecule has 0 saturated heterocycles. The SMILES string of the molecule is CCOC(=O)c1ccc(NC(=O)CN(C)Cc2ccc3c(c2)OCO3)cc1. The first-order chi connectivity index (χ1) is 13.0. The van der Waals surface area contributed by atoms with Crippen LogP contribution in [-0.4, -0.2) is 43.8 Å². The number of fused-ring (bicyclic) bond motifs is 1. The van der Waals surface area contributed by atoms with Gasteiger partial charge in [0.2, 0.25) is 12.7 Å². The molecular formula is C20H22N2O5. The predicted molar refractivity (Wildman–Crippen MR) is 99.9 cm³/mol. The van der Waals surface area contributed by atoms with Gasteiger partial charge in [0.25, 0.3) is 0 Å². The van der Waals surface area contributed by atoms with Gasteiger partial charge in [0, 0.05) is 12.2 Å². The summed E-state index contributed by atoms with van der Waals surface area (Å²) in [5.74, 6) is 0.957. The Morgan fingerprint density at radius 2 is 1.85 bits per heavy atom. The van der Waals surface area contributed by atoms with Gasteiger partial charge >= 0.3 is 5.97 Å². The number of rotatable bonds is 7. The van der Waals surface area contributed by atoms with Crippen LogP contribution in [0, 0.1) is 0 Å². The molecule has 3 rings (SSSR count). The molecule has 1 N–H and O–H groups in total. The number of esters is 1. The van der Waals surface area contributed by atoms with E-state index in [9.17, 15) is 9.59 Å². The molecule has 0 radical (unpaired) electrons. The number of anilines is 1. The van der Waals surface area contributed by atoms with Crippen molar-refractivity contribution in [3.05, 3.63) is 53.6 Å². The van der Waals surface area contributed by atoms with Gasteiger partial charge < -0.3 is 19.5 Å². The number of hydrogen-bond donors (Lipinski definition) is 1. The standard InChI is InChI=1S/C20H22N2O5/c1-3-25-20(24)15-5-7-16(8-6-15)21-19(23)12-22(2)11-14-4-9-17-18(10-14)27-13-26-17/h4-10H,3,11-13H2,1-2H3,(H,21,23). The Morgan fingerprint density at radius 1 is 1.11 bits per heavy atom. The van der Waals surface area contributed by atoms with Gasteiger partial charge in [0.15, 0.2) is 11.5 Å². The zero-order valence-electron chi connectivity index (χ0n) is 15.4. The van der Waals surface area contributed by atoms with Gasteiger partial charge in [0.1, 0.15) is 0 Å². The Kier molecular flexibility index (Phi) is 5.93. The third-order valence-electron chi connectivity index (χ3n) is 3.98. The van der Waals surface area contributed by atoms with Crippen LogP contribution >= 0.6 is 0 Å². The molecule has 0 bridgehead atoms. The molecule has 1 heterocycles. The molecule has 0 unspecified atom stereocenters. The van der Waals surface area contributed by atoms with Crippen LogP contribution < -0.4 is 14.8 Å². The fraction of sp³-hybridized carbons (Fsp3) is 0.300. The Labute approximate surface area is 157 Å². The van der Waals surface area contributed by atoms with Gasteiger partial charge in [0.05, 0.1) is 18.7 Å². The van der Waals surface area contributed by atoms with Gasteiger partial charge in [-0.25, -0.2) is 4.79 Å². The number of nitrogens with one attached hydrogen (secondary N) is 1. The zero-order chi connectivity index (χ0) is 19.2. The lowest BCUT2D eigenvalue weighted by Crippen LogP contribution is -2.29. The first-order valence-corrected chi connectivity index (χ1v) is 8.69. The Morgan fingerprint density at radius 3 is 2.59 bits per heavy atom. The van der Waals surface area contributed by atoms with Crippen molar-refractivity contribution in [2.45, 2.75) is 13.5 Å². The van der Waals surface area contributed by atoms with Gasteiger partial charge in [-0.1, -0.05) is 6.07 Å². The maximum absolute atomic E-state index is 12.2. The average Bonchev–Trinajstić information content (AvgIpc) is 3.10. The minimum absolute atomic E-state index is 0.137. The number of carbonyl (C=O) groups excluding carboxylic acids is 2. The van der Waals surface area contributed by atoms with E-state index in [0.717, 1.165) is 17.1 Å². The number of carbonyl (C=O) groups is 2. The summed E-state index contributed by atoms with van der Waals surface area (Å²) in [6.07, 6.45) is 0. The van der Waals surface area contributed by atoms with Crippen molar-refractivity contribution in [1.82, 2.24) is 4.90 Å². The first-order valence-electron chi connectivity index (χ1n) is 8.69. The highest BCUT2D eigenvalue weighted by Crippen LogP contribution is 2.32. The lowest BCUT2D eigenvalue weighted by Gasteiger charge is -2.16. The Hall–Kier alpha value is -3.06. The van der Waals surface area contributed by atoms with Crippen LogP contribution in [0.1, 0.15) is 22.8 Å². The zero-order valence-corrected chi connectivity index (χ0v) is 15.4. The summed E-state index contributed by atoms with van der Waals surface area (Å²) < 4.78 is 15.6. The average molecular weight is 370 g/mol. The molecule has 7 heteroatoms. The fourth-order valence-corrected chi connectivity index (χ4v) is 2.76. The van der Waals surface area contributed by atoms with E-state index in [1.165, 1.54) is 0 Å². The van der Waals surface area contributed by atoms with E-state index in [-0.39, 0.29) is 25.2 Å². The number of nitrogens with zero attached hydrogens (tertiary/aromatic N) is 1. The number of hydrogen-bond acceptors (Lipinski definition) is 6. The molecule has 2 aromatic rings. The van der Waals surface area contributed by atoms with Crippen molar-refractivity contribution in [3.8, 4) is 11.5 Å². The molecule has 27 heavy (non-hydrogen) atoms. The Bertz CT molecular complexity index is 820. The molecule has 1 amide bonds. The highest BCUT2D eigenvalue weighted by Gasteiger charge is 2.15. The van der Waals surface area contributed by atoms with Crippen molar-refractivity contribution in [3.63, 3.8) is 0 Å². The number of ether oxygens (including phenoxy) is 3. The minimum atomic E-state index is -0.376. The van der Waals surface area contributed by atoms with E-state index >= 15 is 0 Å². The van der Waals surface area contributed by atoms with E-state index < -0.39 is 0 Å². The van der Waals surface area contributed by atoms with Crippen molar-refractivity contribution in [2.24, 2.45) is 0 Å². The second-order valence-electron chi connectivity index (χ2n) is 6.21. The first kappa shape index (κ1) is 18.7. The number of amides is 1. The van der Waals surface area contributed by atoms with Crippen LogP contribution in [0.2, 0.25) is 0 Å². The van der Waals surface area contributed by atoms with E-state index in [2.05, 4.69) is 5.32 Å². The van der Waals surface area contributed by atoms with Crippen molar-refractivity contribution < 1.29 is 23.8 Å². The van der Waals surface area contributed by atoms with Gasteiger partial charge in [-0.3, -0.25) is 9.69 Å². The molecule has 0 spiro atoms.